The molecule has 1 fully saturated rings. The van der Waals surface area contributed by atoms with E-state index in [1.165, 1.54) is 6.20 Å². The number of hydrogen-bond donors (Lipinski definition) is 2. The third-order valence-electron chi connectivity index (χ3n) is 5.69. The Balaban J connectivity index is 1.55. The number of carbonyl (C=O) groups is 2. The molecule has 0 bridgehead atoms. The molecular weight excluding hydrogens is 404 g/mol. The van der Waals surface area contributed by atoms with Crippen molar-refractivity contribution in [3.63, 3.8) is 0 Å². The maximum atomic E-state index is 12.9. The number of pyridine rings is 3. The second-order valence-corrected chi connectivity index (χ2v) is 8.00. The van der Waals surface area contributed by atoms with Gasteiger partial charge in [0.15, 0.2) is 0 Å². The van der Waals surface area contributed by atoms with Crippen LogP contribution in [0.5, 0.6) is 0 Å². The predicted molar refractivity (Wildman–Crippen MR) is 122 cm³/mol. The molecule has 3 aromatic rings. The molecule has 0 unspecified atom stereocenters. The fraction of sp³-hybridized carbons (Fsp3) is 0.292. The number of piperidine rings is 1. The molecule has 0 saturated carbocycles. The monoisotopic (exact) mass is 430 g/mol. The van der Waals surface area contributed by atoms with E-state index in [1.54, 1.807) is 31.4 Å². The van der Waals surface area contributed by atoms with Gasteiger partial charge in [-0.25, -0.2) is 4.98 Å². The number of nitrogens with one attached hydrogen (secondary N) is 1. The summed E-state index contributed by atoms with van der Waals surface area (Å²) in [5.74, 6) is 0.286. The highest BCUT2D eigenvalue weighted by Gasteiger charge is 2.27. The van der Waals surface area contributed by atoms with Crippen LogP contribution in [0.15, 0.2) is 48.8 Å². The van der Waals surface area contributed by atoms with Crippen molar-refractivity contribution in [1.29, 1.82) is 0 Å². The summed E-state index contributed by atoms with van der Waals surface area (Å²) in [6.07, 6.45) is 5.10. The fourth-order valence-corrected chi connectivity index (χ4v) is 4.01. The van der Waals surface area contributed by atoms with Gasteiger partial charge in [-0.15, -0.1) is 0 Å². The zero-order valence-electron chi connectivity index (χ0n) is 18.2. The van der Waals surface area contributed by atoms with Crippen LogP contribution in [0, 0.1) is 6.92 Å². The number of anilines is 1. The summed E-state index contributed by atoms with van der Waals surface area (Å²) in [5, 5.41) is 2.58. The predicted octanol–water partition coefficient (Wildman–Crippen LogP) is 2.81. The minimum atomic E-state index is -0.216. The molecule has 0 spiro atoms. The van der Waals surface area contributed by atoms with Crippen LogP contribution in [-0.4, -0.2) is 51.8 Å². The van der Waals surface area contributed by atoms with Crippen molar-refractivity contribution in [1.82, 2.24) is 25.2 Å². The Bertz CT molecular complexity index is 1130. The lowest BCUT2D eigenvalue weighted by Crippen LogP contribution is -2.39. The first-order valence-electron chi connectivity index (χ1n) is 10.6. The number of likely N-dealkylation sites (tertiary alicyclic amines) is 1. The molecule has 1 aliphatic rings. The van der Waals surface area contributed by atoms with Crippen molar-refractivity contribution in [2.75, 3.05) is 25.9 Å². The molecule has 0 aliphatic carbocycles. The third-order valence-corrected chi connectivity index (χ3v) is 5.69. The van der Waals surface area contributed by atoms with Gasteiger partial charge < -0.3 is 16.0 Å². The summed E-state index contributed by atoms with van der Waals surface area (Å²) < 4.78 is 0. The summed E-state index contributed by atoms with van der Waals surface area (Å²) in [7, 11) is 1.58. The minimum absolute atomic E-state index is 0.0379. The van der Waals surface area contributed by atoms with Gasteiger partial charge in [0.1, 0.15) is 11.5 Å². The molecule has 4 rings (SSSR count). The highest BCUT2D eigenvalue weighted by Crippen LogP contribution is 2.30. The van der Waals surface area contributed by atoms with Crippen LogP contribution >= 0.6 is 0 Å². The molecule has 3 N–H and O–H groups in total. The lowest BCUT2D eigenvalue weighted by molar-refractivity contribution is 0.0705. The summed E-state index contributed by atoms with van der Waals surface area (Å²) in [4.78, 5) is 39.6. The van der Waals surface area contributed by atoms with Crippen LogP contribution < -0.4 is 11.1 Å². The first kappa shape index (κ1) is 21.4. The summed E-state index contributed by atoms with van der Waals surface area (Å²) in [6, 6.07) is 11.0. The molecule has 1 atom stereocenters. The molecule has 8 nitrogen and oxygen atoms in total. The quantitative estimate of drug-likeness (QED) is 0.658. The van der Waals surface area contributed by atoms with Crippen molar-refractivity contribution in [2.24, 2.45) is 0 Å². The standard InChI is InChI=1S/C24H26N6O2/c1-15-10-19(16-5-7-20(27-12-16)23(31)26-2)11-21(29-15)18-4-3-9-30(14-18)24(32)17-6-8-22(25)28-13-17/h5-8,10-13,18H,3-4,9,14H2,1-2H3,(H2,25,28)(H,26,31)/t18-/m1/s1. The average Bonchev–Trinajstić information content (AvgIpc) is 2.83. The normalized spacial score (nSPS) is 15.9. The lowest BCUT2D eigenvalue weighted by atomic mass is 9.92. The van der Waals surface area contributed by atoms with Crippen LogP contribution in [0.1, 0.15) is 51.0 Å². The molecule has 3 aromatic heterocycles. The Hall–Kier alpha value is -3.81. The fourth-order valence-electron chi connectivity index (χ4n) is 4.01. The van der Waals surface area contributed by atoms with Gasteiger partial charge in [-0.1, -0.05) is 6.07 Å². The van der Waals surface area contributed by atoms with Gasteiger partial charge >= 0.3 is 0 Å². The van der Waals surface area contributed by atoms with E-state index in [1.807, 2.05) is 24.0 Å². The second-order valence-electron chi connectivity index (χ2n) is 8.00. The zero-order chi connectivity index (χ0) is 22.7. The SMILES string of the molecule is CNC(=O)c1ccc(-c2cc(C)nc([C@@H]3CCCN(C(=O)c4ccc(N)nc4)C3)c2)cn1. The van der Waals surface area contributed by atoms with E-state index in [2.05, 4.69) is 21.4 Å². The number of nitrogens with zero attached hydrogens (tertiary/aromatic N) is 4. The smallest absolute Gasteiger partial charge is 0.269 e. The first-order valence-corrected chi connectivity index (χ1v) is 10.6. The zero-order valence-corrected chi connectivity index (χ0v) is 18.2. The number of aromatic nitrogens is 3. The van der Waals surface area contributed by atoms with E-state index in [9.17, 15) is 9.59 Å². The van der Waals surface area contributed by atoms with Gasteiger partial charge in [0, 0.05) is 55.4 Å². The van der Waals surface area contributed by atoms with E-state index in [0.29, 0.717) is 30.2 Å². The van der Waals surface area contributed by atoms with E-state index < -0.39 is 0 Å². The van der Waals surface area contributed by atoms with Crippen molar-refractivity contribution >= 4 is 17.6 Å². The number of carbonyl (C=O) groups excluding carboxylic acids is 2. The van der Waals surface area contributed by atoms with Crippen LogP contribution in [0.3, 0.4) is 0 Å². The number of nitrogen functional groups attached to an aromatic ring is 1. The van der Waals surface area contributed by atoms with Gasteiger partial charge in [0.25, 0.3) is 11.8 Å². The number of rotatable bonds is 4. The van der Waals surface area contributed by atoms with Gasteiger partial charge in [-0.2, -0.15) is 0 Å². The van der Waals surface area contributed by atoms with Gasteiger partial charge in [0.2, 0.25) is 0 Å². The van der Waals surface area contributed by atoms with Gasteiger partial charge in [0.05, 0.1) is 5.56 Å². The Morgan fingerprint density at radius 2 is 1.94 bits per heavy atom. The van der Waals surface area contributed by atoms with Crippen LogP contribution in [0.25, 0.3) is 11.1 Å². The Labute approximate surface area is 186 Å². The Kier molecular flexibility index (Phi) is 6.11. The van der Waals surface area contributed by atoms with Crippen LogP contribution in [0.4, 0.5) is 5.82 Å². The lowest BCUT2D eigenvalue weighted by Gasteiger charge is -2.32. The molecule has 32 heavy (non-hydrogen) atoms. The van der Waals surface area contributed by atoms with Crippen LogP contribution in [-0.2, 0) is 0 Å². The molecular formula is C24H26N6O2. The van der Waals surface area contributed by atoms with E-state index in [0.717, 1.165) is 35.4 Å². The second kappa shape index (κ2) is 9.13. The number of amides is 2. The topological polar surface area (TPSA) is 114 Å². The van der Waals surface area contributed by atoms with Gasteiger partial charge in [-0.3, -0.25) is 19.6 Å². The summed E-state index contributed by atoms with van der Waals surface area (Å²) in [6.45, 7) is 3.28. The number of aryl methyl sites for hydroxylation is 1. The minimum Gasteiger partial charge on any atom is -0.384 e. The summed E-state index contributed by atoms with van der Waals surface area (Å²) >= 11 is 0. The van der Waals surface area contributed by atoms with E-state index in [4.69, 9.17) is 10.7 Å². The maximum Gasteiger partial charge on any atom is 0.269 e. The highest BCUT2D eigenvalue weighted by molar-refractivity contribution is 5.94. The van der Waals surface area contributed by atoms with Crippen molar-refractivity contribution in [3.8, 4) is 11.1 Å². The molecule has 1 saturated heterocycles. The molecule has 0 radical (unpaired) electrons. The first-order chi connectivity index (χ1) is 15.4. The highest BCUT2D eigenvalue weighted by atomic mass is 16.2. The molecule has 0 aromatic carbocycles. The maximum absolute atomic E-state index is 12.9. The molecule has 1 aliphatic heterocycles. The van der Waals surface area contributed by atoms with Crippen LogP contribution in [0.2, 0.25) is 0 Å². The number of hydrogen-bond acceptors (Lipinski definition) is 6. The molecule has 8 heteroatoms. The summed E-state index contributed by atoms with van der Waals surface area (Å²) in [5.41, 5.74) is 10.3. The van der Waals surface area contributed by atoms with Crippen molar-refractivity contribution in [2.45, 2.75) is 25.7 Å². The van der Waals surface area contributed by atoms with Crippen molar-refractivity contribution in [3.05, 3.63) is 71.4 Å². The third kappa shape index (κ3) is 4.59. The largest absolute Gasteiger partial charge is 0.384 e. The van der Waals surface area contributed by atoms with E-state index in [-0.39, 0.29) is 17.7 Å². The molecule has 4 heterocycles. The number of nitrogens with two attached hydrogens (primary N) is 1. The Morgan fingerprint density at radius 1 is 1.09 bits per heavy atom. The molecule has 2 amide bonds. The van der Waals surface area contributed by atoms with Crippen molar-refractivity contribution < 1.29 is 9.59 Å². The molecule has 164 valence electrons. The Morgan fingerprint density at radius 3 is 2.62 bits per heavy atom. The average molecular weight is 431 g/mol. The van der Waals surface area contributed by atoms with Gasteiger partial charge in [-0.05, 0) is 55.7 Å². The van der Waals surface area contributed by atoms with E-state index >= 15 is 0 Å².